The molecule has 1 atom stereocenters. The molecule has 5 nitrogen and oxygen atoms in total. The number of para-hydroxylation sites is 1. The van der Waals surface area contributed by atoms with Gasteiger partial charge in [0.2, 0.25) is 5.75 Å². The number of benzene rings is 1. The number of amides is 1. The largest absolute Gasteiger partial charge is 0.417 e. The molecular weight excluding hydrogens is 321 g/mol. The number of aromatic nitrogens is 2. The number of halogens is 1. The average molecular weight is 347 g/mol. The molecule has 1 aromatic heterocycles. The van der Waals surface area contributed by atoms with Crippen LogP contribution in [0.4, 0.5) is 14.9 Å². The van der Waals surface area contributed by atoms with Gasteiger partial charge in [-0.25, -0.2) is 9.48 Å². The lowest BCUT2D eigenvalue weighted by Gasteiger charge is -2.25. The topological polar surface area (TPSA) is 56.2 Å². The minimum Gasteiger partial charge on any atom is -0.403 e. The van der Waals surface area contributed by atoms with E-state index in [0.29, 0.717) is 11.4 Å². The molecule has 2 aromatic rings. The summed E-state index contributed by atoms with van der Waals surface area (Å²) in [6.45, 7) is 10.3. The first-order chi connectivity index (χ1) is 11.6. The summed E-state index contributed by atoms with van der Waals surface area (Å²) in [7, 11) is 1.45. The summed E-state index contributed by atoms with van der Waals surface area (Å²) in [6.07, 6.45) is 0.238. The molecule has 25 heavy (non-hydrogen) atoms. The third-order valence-corrected chi connectivity index (χ3v) is 3.94. The number of anilines is 1. The number of carbonyl (C=O) groups is 1. The highest BCUT2D eigenvalue weighted by Crippen LogP contribution is 2.34. The van der Waals surface area contributed by atoms with Gasteiger partial charge in [0, 0.05) is 12.7 Å². The van der Waals surface area contributed by atoms with Crippen LogP contribution >= 0.6 is 0 Å². The van der Waals surface area contributed by atoms with Crippen molar-refractivity contribution in [2.45, 2.75) is 47.0 Å². The standard InChI is InChI=1S/C19H26FN3O2/c1-12(11-19(3,4)5)14-9-7-8-10-15(14)21-18(24)25-16-13(2)22-23(6)17(16)20/h7-10,12H,11H2,1-6H3,(H,21,24). The van der Waals surface area contributed by atoms with E-state index in [9.17, 15) is 9.18 Å². The maximum absolute atomic E-state index is 13.9. The Morgan fingerprint density at radius 1 is 1.36 bits per heavy atom. The summed E-state index contributed by atoms with van der Waals surface area (Å²) in [5, 5.41) is 6.62. The fraction of sp³-hybridized carbons (Fsp3) is 0.474. The zero-order valence-electron chi connectivity index (χ0n) is 15.7. The zero-order valence-corrected chi connectivity index (χ0v) is 15.7. The first-order valence-electron chi connectivity index (χ1n) is 8.35. The Morgan fingerprint density at radius 2 is 2.00 bits per heavy atom. The molecule has 0 aliphatic carbocycles. The molecule has 1 unspecified atom stereocenters. The highest BCUT2D eigenvalue weighted by atomic mass is 19.1. The molecule has 1 N–H and O–H groups in total. The van der Waals surface area contributed by atoms with Gasteiger partial charge in [0.05, 0.1) is 0 Å². The molecule has 0 saturated carbocycles. The molecule has 1 amide bonds. The van der Waals surface area contributed by atoms with Crippen molar-refractivity contribution in [3.63, 3.8) is 0 Å². The van der Waals surface area contributed by atoms with Crippen molar-refractivity contribution in [1.29, 1.82) is 0 Å². The second kappa shape index (κ2) is 7.25. The summed E-state index contributed by atoms with van der Waals surface area (Å²) in [5.74, 6) is -0.573. The molecule has 0 saturated heterocycles. The summed E-state index contributed by atoms with van der Waals surface area (Å²) in [5.41, 5.74) is 2.19. The van der Waals surface area contributed by atoms with E-state index < -0.39 is 12.0 Å². The minimum atomic E-state index is -0.731. The molecule has 1 aromatic carbocycles. The van der Waals surface area contributed by atoms with Gasteiger partial charge in [0.1, 0.15) is 5.69 Å². The van der Waals surface area contributed by atoms with E-state index >= 15 is 0 Å². The summed E-state index contributed by atoms with van der Waals surface area (Å²) in [6, 6.07) is 7.60. The molecule has 136 valence electrons. The fourth-order valence-corrected chi connectivity index (χ4v) is 3.02. The van der Waals surface area contributed by atoms with Crippen LogP contribution in [0.3, 0.4) is 0 Å². The van der Waals surface area contributed by atoms with Gasteiger partial charge >= 0.3 is 6.09 Å². The van der Waals surface area contributed by atoms with Crippen LogP contribution in [0.15, 0.2) is 24.3 Å². The third kappa shape index (κ3) is 4.81. The maximum atomic E-state index is 13.9. The van der Waals surface area contributed by atoms with Crippen LogP contribution in [0.2, 0.25) is 0 Å². The van der Waals surface area contributed by atoms with Crippen molar-refractivity contribution in [2.24, 2.45) is 12.5 Å². The molecule has 0 bridgehead atoms. The van der Waals surface area contributed by atoms with Gasteiger partial charge in [-0.05, 0) is 36.3 Å². The predicted octanol–water partition coefficient (Wildman–Crippen LogP) is 5.02. The second-order valence-corrected chi connectivity index (χ2v) is 7.60. The maximum Gasteiger partial charge on any atom is 0.417 e. The number of nitrogens with one attached hydrogen (secondary N) is 1. The lowest BCUT2D eigenvalue weighted by Crippen LogP contribution is -2.19. The molecule has 0 aliphatic rings. The quantitative estimate of drug-likeness (QED) is 0.845. The predicted molar refractivity (Wildman–Crippen MR) is 96.5 cm³/mol. The molecule has 6 heteroatoms. The number of nitrogens with zero attached hydrogens (tertiary/aromatic N) is 2. The highest BCUT2D eigenvalue weighted by molar-refractivity contribution is 5.87. The Bertz CT molecular complexity index is 763. The lowest BCUT2D eigenvalue weighted by molar-refractivity contribution is 0.212. The van der Waals surface area contributed by atoms with Crippen LogP contribution in [0.5, 0.6) is 5.75 Å². The number of hydrogen-bond acceptors (Lipinski definition) is 3. The van der Waals surface area contributed by atoms with E-state index in [4.69, 9.17) is 4.74 Å². The Kier molecular flexibility index (Phi) is 5.50. The summed E-state index contributed by atoms with van der Waals surface area (Å²) < 4.78 is 20.1. The van der Waals surface area contributed by atoms with Gasteiger partial charge in [-0.15, -0.1) is 0 Å². The molecule has 1 heterocycles. The van der Waals surface area contributed by atoms with Crippen LogP contribution in [-0.4, -0.2) is 15.9 Å². The number of hydrogen-bond donors (Lipinski definition) is 1. The summed E-state index contributed by atoms with van der Waals surface area (Å²) >= 11 is 0. The van der Waals surface area contributed by atoms with E-state index in [2.05, 4.69) is 38.1 Å². The van der Waals surface area contributed by atoms with E-state index in [-0.39, 0.29) is 17.1 Å². The number of rotatable bonds is 4. The van der Waals surface area contributed by atoms with E-state index in [1.165, 1.54) is 7.05 Å². The smallest absolute Gasteiger partial charge is 0.403 e. The van der Waals surface area contributed by atoms with Crippen LogP contribution in [0, 0.1) is 18.3 Å². The molecule has 0 aliphatic heterocycles. The fourth-order valence-electron chi connectivity index (χ4n) is 3.02. The normalized spacial score (nSPS) is 12.8. The monoisotopic (exact) mass is 347 g/mol. The molecule has 0 fully saturated rings. The van der Waals surface area contributed by atoms with Gasteiger partial charge < -0.3 is 4.74 Å². The molecule has 0 spiro atoms. The lowest BCUT2D eigenvalue weighted by atomic mass is 9.82. The Hall–Kier alpha value is -2.37. The molecular formula is C19H26FN3O2. The van der Waals surface area contributed by atoms with E-state index in [1.54, 1.807) is 6.92 Å². The van der Waals surface area contributed by atoms with Crippen molar-refractivity contribution < 1.29 is 13.9 Å². The van der Waals surface area contributed by atoms with Gasteiger partial charge in [0.25, 0.3) is 5.95 Å². The van der Waals surface area contributed by atoms with E-state index in [0.717, 1.165) is 16.7 Å². The van der Waals surface area contributed by atoms with Crippen LogP contribution in [-0.2, 0) is 7.05 Å². The van der Waals surface area contributed by atoms with Crippen molar-refractivity contribution >= 4 is 11.8 Å². The average Bonchev–Trinajstić information content (AvgIpc) is 2.72. The van der Waals surface area contributed by atoms with E-state index in [1.807, 2.05) is 24.3 Å². The van der Waals surface area contributed by atoms with Crippen molar-refractivity contribution in [1.82, 2.24) is 9.78 Å². The highest BCUT2D eigenvalue weighted by Gasteiger charge is 2.21. The number of carbonyl (C=O) groups excluding carboxylic acids is 1. The second-order valence-electron chi connectivity index (χ2n) is 7.60. The van der Waals surface area contributed by atoms with Crippen LogP contribution < -0.4 is 10.1 Å². The van der Waals surface area contributed by atoms with Crippen LogP contribution in [0.25, 0.3) is 0 Å². The Morgan fingerprint density at radius 3 is 2.56 bits per heavy atom. The van der Waals surface area contributed by atoms with Gasteiger partial charge in [-0.1, -0.05) is 45.9 Å². The first kappa shape index (κ1) is 19.0. The SMILES string of the molecule is Cc1nn(C)c(F)c1OC(=O)Nc1ccccc1C(C)CC(C)(C)C. The number of aryl methyl sites for hydroxylation is 2. The Labute approximate surface area is 148 Å². The van der Waals surface area contributed by atoms with Crippen molar-refractivity contribution in [2.75, 3.05) is 5.32 Å². The molecule has 2 rings (SSSR count). The van der Waals surface area contributed by atoms with Crippen LogP contribution in [0.1, 0.15) is 51.3 Å². The van der Waals surface area contributed by atoms with Crippen molar-refractivity contribution in [3.8, 4) is 5.75 Å². The van der Waals surface area contributed by atoms with Gasteiger partial charge in [0.15, 0.2) is 0 Å². The third-order valence-electron chi connectivity index (χ3n) is 3.94. The zero-order chi connectivity index (χ0) is 18.8. The van der Waals surface area contributed by atoms with Gasteiger partial charge in [-0.2, -0.15) is 9.49 Å². The first-order valence-corrected chi connectivity index (χ1v) is 8.35. The number of ether oxygens (including phenoxy) is 1. The minimum absolute atomic E-state index is 0.153. The van der Waals surface area contributed by atoms with Gasteiger partial charge in [-0.3, -0.25) is 5.32 Å². The molecule has 0 radical (unpaired) electrons. The Balaban J connectivity index is 2.16. The summed E-state index contributed by atoms with van der Waals surface area (Å²) in [4.78, 5) is 12.2. The van der Waals surface area contributed by atoms with Crippen molar-refractivity contribution in [3.05, 3.63) is 41.5 Å².